The van der Waals surface area contributed by atoms with Crippen molar-refractivity contribution in [1.29, 1.82) is 0 Å². The smallest absolute Gasteiger partial charge is 0.224 e. The number of aromatic nitrogens is 2. The predicted molar refractivity (Wildman–Crippen MR) is 81.1 cm³/mol. The van der Waals surface area contributed by atoms with Crippen molar-refractivity contribution in [3.63, 3.8) is 0 Å². The van der Waals surface area contributed by atoms with Crippen molar-refractivity contribution in [2.24, 2.45) is 5.84 Å². The van der Waals surface area contributed by atoms with E-state index in [0.717, 1.165) is 18.4 Å². The summed E-state index contributed by atoms with van der Waals surface area (Å²) in [5, 5.41) is 9.10. The molecule has 0 saturated heterocycles. The summed E-state index contributed by atoms with van der Waals surface area (Å²) in [5.74, 6) is 7.74. The Hall–Kier alpha value is -2.18. The summed E-state index contributed by atoms with van der Waals surface area (Å²) < 4.78 is 5.83. The van der Waals surface area contributed by atoms with E-state index in [4.69, 9.17) is 15.7 Å². The van der Waals surface area contributed by atoms with Crippen molar-refractivity contribution in [2.75, 3.05) is 12.0 Å². The number of hydrogen-bond acceptors (Lipinski definition) is 6. The first kappa shape index (κ1) is 15.2. The van der Waals surface area contributed by atoms with Crippen LogP contribution in [0.4, 0.5) is 5.82 Å². The van der Waals surface area contributed by atoms with E-state index >= 15 is 0 Å². The van der Waals surface area contributed by atoms with Crippen LogP contribution in [0, 0.1) is 0 Å². The number of hydrazine groups is 1. The first-order valence-electron chi connectivity index (χ1n) is 6.98. The van der Waals surface area contributed by atoms with Gasteiger partial charge in [-0.3, -0.25) is 0 Å². The third-order valence-electron chi connectivity index (χ3n) is 2.94. The first-order chi connectivity index (χ1) is 10.3. The molecule has 0 amide bonds. The normalized spacial score (nSPS) is 10.4. The van der Waals surface area contributed by atoms with Crippen LogP contribution >= 0.6 is 0 Å². The zero-order chi connectivity index (χ0) is 15.1. The summed E-state index contributed by atoms with van der Waals surface area (Å²) in [5.41, 5.74) is 3.45. The molecule has 0 spiro atoms. The van der Waals surface area contributed by atoms with Gasteiger partial charge in [-0.2, -0.15) is 4.98 Å². The summed E-state index contributed by atoms with van der Waals surface area (Å²) in [6.45, 7) is 2.13. The van der Waals surface area contributed by atoms with Gasteiger partial charge in [0, 0.05) is 19.1 Å². The van der Waals surface area contributed by atoms with Gasteiger partial charge in [0.15, 0.2) is 0 Å². The Labute approximate surface area is 124 Å². The average molecular weight is 288 g/mol. The number of nitrogens with two attached hydrogens (primary N) is 1. The predicted octanol–water partition coefficient (Wildman–Crippen LogP) is 2.04. The van der Waals surface area contributed by atoms with Crippen LogP contribution in [0.2, 0.25) is 0 Å². The Morgan fingerprint density at radius 3 is 2.76 bits per heavy atom. The fourth-order valence-corrected chi connectivity index (χ4v) is 1.98. The minimum absolute atomic E-state index is 0.0703. The van der Waals surface area contributed by atoms with Crippen LogP contribution in [0.5, 0.6) is 11.6 Å². The highest BCUT2D eigenvalue weighted by atomic mass is 16.5. The number of nitrogens with zero attached hydrogens (tertiary/aromatic N) is 2. The third-order valence-corrected chi connectivity index (χ3v) is 2.94. The number of benzene rings is 1. The number of anilines is 1. The Balaban J connectivity index is 2.28. The van der Waals surface area contributed by atoms with Gasteiger partial charge in [-0.15, -0.1) is 0 Å². The molecule has 2 rings (SSSR count). The topological polar surface area (TPSA) is 93.3 Å². The highest BCUT2D eigenvalue weighted by molar-refractivity contribution is 5.41. The van der Waals surface area contributed by atoms with Gasteiger partial charge in [0.2, 0.25) is 5.88 Å². The lowest BCUT2D eigenvalue weighted by atomic mass is 10.1. The maximum absolute atomic E-state index is 9.10. The van der Waals surface area contributed by atoms with E-state index < -0.39 is 0 Å². The fraction of sp³-hybridized carbons (Fsp3) is 0.333. The molecule has 0 aliphatic heterocycles. The van der Waals surface area contributed by atoms with Crippen molar-refractivity contribution >= 4 is 5.82 Å². The van der Waals surface area contributed by atoms with Crippen LogP contribution in [-0.4, -0.2) is 21.7 Å². The number of nitrogen functional groups attached to an aromatic ring is 1. The van der Waals surface area contributed by atoms with Crippen molar-refractivity contribution in [3.05, 3.63) is 41.7 Å². The number of ether oxygens (including phenoxy) is 1. The van der Waals surface area contributed by atoms with E-state index in [2.05, 4.69) is 22.3 Å². The molecule has 21 heavy (non-hydrogen) atoms. The van der Waals surface area contributed by atoms with E-state index in [9.17, 15) is 0 Å². The van der Waals surface area contributed by atoms with Gasteiger partial charge in [-0.1, -0.05) is 25.1 Å². The summed E-state index contributed by atoms with van der Waals surface area (Å²) >= 11 is 0. The van der Waals surface area contributed by atoms with Gasteiger partial charge in [0.1, 0.15) is 17.4 Å². The van der Waals surface area contributed by atoms with Gasteiger partial charge in [-0.05, 0) is 24.5 Å². The number of nitrogens with one attached hydrogen (secondary N) is 1. The van der Waals surface area contributed by atoms with Crippen LogP contribution in [0.1, 0.15) is 24.7 Å². The molecular formula is C15H20N4O2. The lowest BCUT2D eigenvalue weighted by molar-refractivity contribution is 0.297. The molecule has 4 N–H and O–H groups in total. The number of rotatable bonds is 7. The molecule has 1 heterocycles. The lowest BCUT2D eigenvalue weighted by Crippen LogP contribution is -2.11. The summed E-state index contributed by atoms with van der Waals surface area (Å²) in [6, 6.07) is 9.21. The Morgan fingerprint density at radius 2 is 2.05 bits per heavy atom. The van der Waals surface area contributed by atoms with Crippen molar-refractivity contribution in [2.45, 2.75) is 26.2 Å². The van der Waals surface area contributed by atoms with E-state index in [0.29, 0.717) is 29.7 Å². The Morgan fingerprint density at radius 1 is 1.24 bits per heavy atom. The van der Waals surface area contributed by atoms with Crippen LogP contribution in [-0.2, 0) is 12.8 Å². The molecule has 0 atom stereocenters. The van der Waals surface area contributed by atoms with Gasteiger partial charge in [0.05, 0.1) is 0 Å². The van der Waals surface area contributed by atoms with E-state index in [-0.39, 0.29) is 6.61 Å². The van der Waals surface area contributed by atoms with Crippen LogP contribution in [0.15, 0.2) is 30.3 Å². The second kappa shape index (κ2) is 7.56. The van der Waals surface area contributed by atoms with Crippen LogP contribution < -0.4 is 16.0 Å². The Kier molecular flexibility index (Phi) is 5.48. The lowest BCUT2D eigenvalue weighted by Gasteiger charge is -2.11. The molecule has 6 heteroatoms. The molecule has 0 aliphatic rings. The van der Waals surface area contributed by atoms with Crippen LogP contribution in [0.3, 0.4) is 0 Å². The Bertz CT molecular complexity index is 590. The summed E-state index contributed by atoms with van der Waals surface area (Å²) in [7, 11) is 0. The van der Waals surface area contributed by atoms with Gasteiger partial charge >= 0.3 is 0 Å². The number of aliphatic hydroxyl groups excluding tert-OH is 1. The molecule has 0 aliphatic carbocycles. The average Bonchev–Trinajstić information content (AvgIpc) is 2.49. The molecule has 0 radical (unpaired) electrons. The molecule has 112 valence electrons. The van der Waals surface area contributed by atoms with E-state index in [1.807, 2.05) is 24.3 Å². The first-order valence-corrected chi connectivity index (χ1v) is 6.98. The molecule has 1 aromatic heterocycles. The minimum atomic E-state index is 0.0703. The SMILES string of the molecule is CCCc1nc(NN)cc(Oc2ccccc2CCO)n1. The molecule has 0 saturated carbocycles. The zero-order valence-corrected chi connectivity index (χ0v) is 12.0. The van der Waals surface area contributed by atoms with E-state index in [1.165, 1.54) is 0 Å². The molecule has 6 nitrogen and oxygen atoms in total. The van der Waals surface area contributed by atoms with Gasteiger partial charge < -0.3 is 15.3 Å². The molecular weight excluding hydrogens is 268 g/mol. The molecule has 0 unspecified atom stereocenters. The summed E-state index contributed by atoms with van der Waals surface area (Å²) in [6.07, 6.45) is 2.23. The quantitative estimate of drug-likeness (QED) is 0.533. The molecule has 0 bridgehead atoms. The zero-order valence-electron chi connectivity index (χ0n) is 12.0. The van der Waals surface area contributed by atoms with E-state index in [1.54, 1.807) is 6.07 Å². The molecule has 2 aromatic rings. The monoisotopic (exact) mass is 288 g/mol. The highest BCUT2D eigenvalue weighted by Gasteiger charge is 2.08. The maximum Gasteiger partial charge on any atom is 0.224 e. The number of aryl methyl sites for hydroxylation is 1. The summed E-state index contributed by atoms with van der Waals surface area (Å²) in [4.78, 5) is 8.65. The minimum Gasteiger partial charge on any atom is -0.439 e. The number of hydrogen-bond donors (Lipinski definition) is 3. The van der Waals surface area contributed by atoms with Gasteiger partial charge in [0.25, 0.3) is 0 Å². The largest absolute Gasteiger partial charge is 0.439 e. The second-order valence-corrected chi connectivity index (χ2v) is 4.59. The standard InChI is InChI=1S/C15H20N4O2/c1-2-5-13-17-14(19-16)10-15(18-13)21-12-7-4-3-6-11(12)8-9-20/h3-4,6-7,10,20H,2,5,8-9,16H2,1H3,(H,17,18,19). The maximum atomic E-state index is 9.10. The molecule has 0 fully saturated rings. The van der Waals surface area contributed by atoms with Gasteiger partial charge in [-0.25, -0.2) is 10.8 Å². The molecule has 1 aromatic carbocycles. The highest BCUT2D eigenvalue weighted by Crippen LogP contribution is 2.25. The number of aliphatic hydroxyl groups is 1. The third kappa shape index (κ3) is 4.14. The fourth-order valence-electron chi connectivity index (χ4n) is 1.98. The van der Waals surface area contributed by atoms with Crippen molar-refractivity contribution in [1.82, 2.24) is 9.97 Å². The van der Waals surface area contributed by atoms with Crippen molar-refractivity contribution in [3.8, 4) is 11.6 Å². The number of para-hydroxylation sites is 1. The van der Waals surface area contributed by atoms with Crippen molar-refractivity contribution < 1.29 is 9.84 Å². The second-order valence-electron chi connectivity index (χ2n) is 4.59. The van der Waals surface area contributed by atoms with Crippen LogP contribution in [0.25, 0.3) is 0 Å².